The molecular weight excluding hydrogens is 532 g/mol. The molecule has 170 valence electrons. The zero-order chi connectivity index (χ0) is 23.0. The van der Waals surface area contributed by atoms with Crippen LogP contribution >= 0.6 is 22.6 Å². The van der Waals surface area contributed by atoms with E-state index in [1.807, 2.05) is 30.3 Å². The Morgan fingerprint density at radius 3 is 2.61 bits per heavy atom. The summed E-state index contributed by atoms with van der Waals surface area (Å²) in [4.78, 5) is 15.9. The van der Waals surface area contributed by atoms with Gasteiger partial charge in [-0.3, -0.25) is 0 Å². The summed E-state index contributed by atoms with van der Waals surface area (Å²) in [6.07, 6.45) is 1.74. The molecule has 2 N–H and O–H groups in total. The van der Waals surface area contributed by atoms with E-state index >= 15 is 0 Å². The predicted octanol–water partition coefficient (Wildman–Crippen LogP) is 4.77. The van der Waals surface area contributed by atoms with E-state index in [0.29, 0.717) is 41.6 Å². The highest BCUT2D eigenvalue weighted by Crippen LogP contribution is 2.62. The summed E-state index contributed by atoms with van der Waals surface area (Å²) in [6, 6.07) is 14.5. The Balaban J connectivity index is 1.34. The van der Waals surface area contributed by atoms with Gasteiger partial charge in [-0.2, -0.15) is 20.1 Å². The van der Waals surface area contributed by atoms with Gasteiger partial charge in [-0.05, 0) is 75.2 Å². The first-order valence-corrected chi connectivity index (χ1v) is 12.0. The van der Waals surface area contributed by atoms with E-state index < -0.39 is 0 Å². The molecule has 1 saturated carbocycles. The van der Waals surface area contributed by atoms with Crippen molar-refractivity contribution in [2.24, 2.45) is 22.4 Å². The van der Waals surface area contributed by atoms with Crippen LogP contribution in [0.5, 0.6) is 0 Å². The molecule has 9 heteroatoms. The zero-order valence-corrected chi connectivity index (χ0v) is 20.6. The minimum atomic E-state index is -0.267. The monoisotopic (exact) mass is 557 g/mol. The smallest absolute Gasteiger partial charge is 0.250 e. The number of nitrogens with zero attached hydrogens (tertiary/aromatic N) is 5. The summed E-state index contributed by atoms with van der Waals surface area (Å²) >= 11 is 2.27. The van der Waals surface area contributed by atoms with Crippen LogP contribution in [0.3, 0.4) is 0 Å². The first-order valence-electron chi connectivity index (χ1n) is 10.9. The molecule has 1 aliphatic heterocycles. The number of piperidine rings is 1. The Labute approximate surface area is 206 Å². The lowest BCUT2D eigenvalue weighted by Gasteiger charge is -2.22. The maximum Gasteiger partial charge on any atom is 0.250 e. The van der Waals surface area contributed by atoms with Crippen LogP contribution < -0.4 is 15.6 Å². The van der Waals surface area contributed by atoms with Crippen LogP contribution in [-0.2, 0) is 6.54 Å². The Kier molecular flexibility index (Phi) is 5.90. The third-order valence-corrected chi connectivity index (χ3v) is 7.27. The van der Waals surface area contributed by atoms with Gasteiger partial charge in [-0.1, -0.05) is 38.1 Å². The number of hydrazone groups is 1. The molecule has 1 aliphatic carbocycles. The molecule has 33 heavy (non-hydrogen) atoms. The van der Waals surface area contributed by atoms with Crippen molar-refractivity contribution in [3.63, 3.8) is 0 Å². The van der Waals surface area contributed by atoms with Crippen molar-refractivity contribution in [1.82, 2.24) is 15.0 Å². The van der Waals surface area contributed by atoms with Crippen LogP contribution in [0.15, 0.2) is 53.6 Å². The Morgan fingerprint density at radius 1 is 1.09 bits per heavy atom. The second-order valence-corrected chi connectivity index (χ2v) is 10.4. The van der Waals surface area contributed by atoms with Crippen LogP contribution in [-0.4, -0.2) is 34.3 Å². The molecule has 2 atom stereocenters. The molecule has 5 rings (SSSR count). The van der Waals surface area contributed by atoms with E-state index in [9.17, 15) is 4.39 Å². The van der Waals surface area contributed by atoms with E-state index in [0.717, 1.165) is 27.8 Å². The molecule has 2 aliphatic rings. The molecule has 0 bridgehead atoms. The van der Waals surface area contributed by atoms with Gasteiger partial charge in [0, 0.05) is 23.2 Å². The molecule has 1 aromatic heterocycles. The average Bonchev–Trinajstić information content (AvgIpc) is 3.12. The Bertz CT molecular complexity index is 1180. The highest BCUT2D eigenvalue weighted by molar-refractivity contribution is 14.1. The van der Waals surface area contributed by atoms with Crippen molar-refractivity contribution < 1.29 is 4.39 Å². The first kappa shape index (κ1) is 22.0. The average molecular weight is 557 g/mol. The van der Waals surface area contributed by atoms with E-state index in [1.54, 1.807) is 12.3 Å². The Hall–Kier alpha value is -2.82. The van der Waals surface area contributed by atoms with E-state index in [1.165, 1.54) is 12.1 Å². The number of anilines is 3. The fraction of sp³-hybridized carbons (Fsp3) is 0.333. The maximum atomic E-state index is 13.5. The standard InChI is InChI=1S/C24H25FIN7/c1-24(2)19-13-33(14-20(19)24)23-30-21(27-11-15-5-3-7-17(25)9-15)29-22(31-23)32-28-12-16-6-4-8-18(26)10-16/h3-10,12,19-20H,11,13-14H2,1-2H3,(H2,27,29,30,31,32)/b28-12+. The number of rotatable bonds is 7. The zero-order valence-electron chi connectivity index (χ0n) is 18.5. The number of hydrogen-bond acceptors (Lipinski definition) is 7. The highest BCUT2D eigenvalue weighted by Gasteiger charge is 2.62. The second-order valence-electron chi connectivity index (χ2n) is 9.13. The molecule has 2 fully saturated rings. The number of halogens is 2. The molecule has 2 aromatic carbocycles. The molecule has 3 aromatic rings. The lowest BCUT2D eigenvalue weighted by atomic mass is 10.1. The van der Waals surface area contributed by atoms with Crippen molar-refractivity contribution in [2.45, 2.75) is 20.4 Å². The molecule has 1 saturated heterocycles. The quantitative estimate of drug-likeness (QED) is 0.248. The fourth-order valence-electron chi connectivity index (χ4n) is 4.51. The summed E-state index contributed by atoms with van der Waals surface area (Å²) in [5.74, 6) is 2.50. The minimum absolute atomic E-state index is 0.267. The predicted molar refractivity (Wildman–Crippen MR) is 137 cm³/mol. The molecule has 0 radical (unpaired) electrons. The summed E-state index contributed by atoms with van der Waals surface area (Å²) in [5, 5.41) is 7.51. The van der Waals surface area contributed by atoms with Crippen molar-refractivity contribution in [1.29, 1.82) is 0 Å². The number of nitrogens with one attached hydrogen (secondary N) is 2. The number of fused-ring (bicyclic) bond motifs is 1. The molecule has 2 unspecified atom stereocenters. The third-order valence-electron chi connectivity index (χ3n) is 6.60. The SMILES string of the molecule is CC1(C)C2CN(c3nc(NCc4cccc(F)c4)nc(N/N=C/c4cccc(I)c4)n3)CC21. The molecule has 7 nitrogen and oxygen atoms in total. The number of aromatic nitrogens is 3. The van der Waals surface area contributed by atoms with Gasteiger partial charge in [0.15, 0.2) is 0 Å². The molecular formula is C24H25FIN7. The number of benzene rings is 2. The maximum absolute atomic E-state index is 13.5. The lowest BCUT2D eigenvalue weighted by Crippen LogP contribution is -2.28. The van der Waals surface area contributed by atoms with Crippen LogP contribution in [0.1, 0.15) is 25.0 Å². The van der Waals surface area contributed by atoms with Gasteiger partial charge in [-0.15, -0.1) is 0 Å². The van der Waals surface area contributed by atoms with Gasteiger partial charge < -0.3 is 10.2 Å². The second kappa shape index (κ2) is 8.85. The minimum Gasteiger partial charge on any atom is -0.350 e. The van der Waals surface area contributed by atoms with Gasteiger partial charge in [0.05, 0.1) is 6.21 Å². The summed E-state index contributed by atoms with van der Waals surface area (Å²) in [5.41, 5.74) is 5.14. The van der Waals surface area contributed by atoms with Crippen molar-refractivity contribution >= 4 is 46.7 Å². The van der Waals surface area contributed by atoms with Crippen LogP contribution in [0.2, 0.25) is 0 Å². The van der Waals surface area contributed by atoms with Crippen LogP contribution in [0, 0.1) is 26.6 Å². The normalized spacial score (nSPS) is 20.7. The highest BCUT2D eigenvalue weighted by atomic mass is 127. The summed E-state index contributed by atoms with van der Waals surface area (Å²) in [6.45, 7) is 6.94. The molecule has 2 heterocycles. The third kappa shape index (κ3) is 4.92. The lowest BCUT2D eigenvalue weighted by molar-refractivity contribution is 0.496. The summed E-state index contributed by atoms with van der Waals surface area (Å²) in [7, 11) is 0. The Morgan fingerprint density at radius 2 is 1.85 bits per heavy atom. The van der Waals surface area contributed by atoms with E-state index in [4.69, 9.17) is 0 Å². The van der Waals surface area contributed by atoms with Gasteiger partial charge >= 0.3 is 0 Å². The van der Waals surface area contributed by atoms with Gasteiger partial charge in [0.1, 0.15) is 5.82 Å². The summed E-state index contributed by atoms with van der Waals surface area (Å²) < 4.78 is 14.7. The molecule has 0 amide bonds. The van der Waals surface area contributed by atoms with Gasteiger partial charge in [0.25, 0.3) is 0 Å². The van der Waals surface area contributed by atoms with Gasteiger partial charge in [0.2, 0.25) is 17.8 Å². The fourth-order valence-corrected chi connectivity index (χ4v) is 5.08. The van der Waals surface area contributed by atoms with Crippen LogP contribution in [0.25, 0.3) is 0 Å². The van der Waals surface area contributed by atoms with Crippen LogP contribution in [0.4, 0.5) is 22.2 Å². The topological polar surface area (TPSA) is 78.3 Å². The van der Waals surface area contributed by atoms with E-state index in [-0.39, 0.29) is 5.82 Å². The van der Waals surface area contributed by atoms with E-state index in [2.05, 4.69) is 72.1 Å². The first-order chi connectivity index (χ1) is 15.9. The van der Waals surface area contributed by atoms with Crippen molar-refractivity contribution in [3.8, 4) is 0 Å². The van der Waals surface area contributed by atoms with Crippen molar-refractivity contribution in [3.05, 3.63) is 69.0 Å². The largest absolute Gasteiger partial charge is 0.350 e. The molecule has 0 spiro atoms. The van der Waals surface area contributed by atoms with Crippen molar-refractivity contribution in [2.75, 3.05) is 28.7 Å². The van der Waals surface area contributed by atoms with Gasteiger partial charge in [-0.25, -0.2) is 9.82 Å². The number of hydrogen-bond donors (Lipinski definition) is 2.